The van der Waals surface area contributed by atoms with Gasteiger partial charge >= 0.3 is 5.69 Å². The number of anilines is 1. The van der Waals surface area contributed by atoms with Crippen LogP contribution < -0.4 is 31.8 Å². The van der Waals surface area contributed by atoms with Gasteiger partial charge in [-0.15, -0.1) is 0 Å². The number of amides is 2. The van der Waals surface area contributed by atoms with E-state index in [0.717, 1.165) is 12.8 Å². The van der Waals surface area contributed by atoms with E-state index in [4.69, 9.17) is 15.2 Å². The molecule has 2 aromatic heterocycles. The van der Waals surface area contributed by atoms with Gasteiger partial charge < -0.3 is 20.5 Å². The maximum Gasteiger partial charge on any atom is 0.330 e. The van der Waals surface area contributed by atoms with E-state index in [1.165, 1.54) is 17.7 Å². The summed E-state index contributed by atoms with van der Waals surface area (Å²) in [5.41, 5.74) is 5.25. The van der Waals surface area contributed by atoms with Gasteiger partial charge in [0, 0.05) is 29.9 Å². The summed E-state index contributed by atoms with van der Waals surface area (Å²) in [6.07, 6.45) is 1.85. The third-order valence-electron chi connectivity index (χ3n) is 5.55. The first-order chi connectivity index (χ1) is 16.7. The van der Waals surface area contributed by atoms with Crippen molar-refractivity contribution < 1.29 is 19.1 Å². The number of rotatable bonds is 9. The Labute approximate surface area is 200 Å². The standard InChI is InChI=1S/C24H27N5O6/c1-12(2)10-29-21-20(23(32)28-24(29)33)15(9-16(27-21)13-4-5-13)22(31)26-14-6-7-17(34-3)18(8-14)35-11-19(25)30/h6-9,12-13H,4-5,10-11H2,1-3H3,(H2,25,30)(H,26,31)(H,28,32,33). The van der Waals surface area contributed by atoms with E-state index in [1.54, 1.807) is 18.2 Å². The van der Waals surface area contributed by atoms with Crippen molar-refractivity contribution in [1.82, 2.24) is 14.5 Å². The summed E-state index contributed by atoms with van der Waals surface area (Å²) in [6, 6.07) is 6.27. The molecule has 184 valence electrons. The summed E-state index contributed by atoms with van der Waals surface area (Å²) in [5.74, 6) is -0.351. The smallest absolute Gasteiger partial charge is 0.330 e. The van der Waals surface area contributed by atoms with Crippen LogP contribution >= 0.6 is 0 Å². The van der Waals surface area contributed by atoms with Crippen LogP contribution in [0, 0.1) is 5.92 Å². The van der Waals surface area contributed by atoms with Crippen LogP contribution in [-0.4, -0.2) is 40.1 Å². The van der Waals surface area contributed by atoms with E-state index in [0.29, 0.717) is 23.7 Å². The number of primary amides is 1. The number of fused-ring (bicyclic) bond motifs is 1. The highest BCUT2D eigenvalue weighted by molar-refractivity contribution is 6.12. The van der Waals surface area contributed by atoms with Gasteiger partial charge in [0.1, 0.15) is 0 Å². The van der Waals surface area contributed by atoms with Crippen molar-refractivity contribution >= 4 is 28.5 Å². The van der Waals surface area contributed by atoms with Crippen LogP contribution in [-0.2, 0) is 11.3 Å². The lowest BCUT2D eigenvalue weighted by atomic mass is 10.1. The summed E-state index contributed by atoms with van der Waals surface area (Å²) in [7, 11) is 1.44. The zero-order valence-corrected chi connectivity index (χ0v) is 19.7. The van der Waals surface area contributed by atoms with Crippen molar-refractivity contribution in [3.05, 3.63) is 56.4 Å². The van der Waals surface area contributed by atoms with Crippen molar-refractivity contribution in [2.45, 2.75) is 39.2 Å². The minimum absolute atomic E-state index is 0.0471. The quantitative estimate of drug-likeness (QED) is 0.420. The molecule has 11 heteroatoms. The summed E-state index contributed by atoms with van der Waals surface area (Å²) in [5, 5.41) is 2.81. The Morgan fingerprint density at radius 3 is 2.60 bits per heavy atom. The lowest BCUT2D eigenvalue weighted by Crippen LogP contribution is -2.33. The number of H-pyrrole nitrogens is 1. The second-order valence-electron chi connectivity index (χ2n) is 8.91. The normalized spacial score (nSPS) is 13.1. The number of carbonyl (C=O) groups excluding carboxylic acids is 2. The monoisotopic (exact) mass is 481 g/mol. The van der Waals surface area contributed by atoms with E-state index < -0.39 is 23.1 Å². The third-order valence-corrected chi connectivity index (χ3v) is 5.55. The second-order valence-corrected chi connectivity index (χ2v) is 8.91. The SMILES string of the molecule is COc1ccc(NC(=O)c2cc(C3CC3)nc3c2c(=O)[nH]c(=O)n3CC(C)C)cc1OCC(N)=O. The lowest BCUT2D eigenvalue weighted by molar-refractivity contribution is -0.119. The van der Waals surface area contributed by atoms with E-state index in [2.05, 4.69) is 15.3 Å². The highest BCUT2D eigenvalue weighted by Gasteiger charge is 2.29. The first-order valence-corrected chi connectivity index (χ1v) is 11.3. The fourth-order valence-corrected chi connectivity index (χ4v) is 3.81. The Morgan fingerprint density at radius 1 is 1.23 bits per heavy atom. The van der Waals surface area contributed by atoms with Crippen LogP contribution in [0.15, 0.2) is 33.9 Å². The minimum atomic E-state index is -0.676. The minimum Gasteiger partial charge on any atom is -0.493 e. The molecule has 0 aliphatic heterocycles. The molecule has 1 aliphatic rings. The van der Waals surface area contributed by atoms with Gasteiger partial charge in [-0.05, 0) is 37.0 Å². The number of nitrogens with one attached hydrogen (secondary N) is 2. The Kier molecular flexibility index (Phi) is 6.59. The number of nitrogens with two attached hydrogens (primary N) is 1. The number of pyridine rings is 1. The van der Waals surface area contributed by atoms with Crippen molar-refractivity contribution in [3.8, 4) is 11.5 Å². The number of nitrogens with zero attached hydrogens (tertiary/aromatic N) is 2. The number of carbonyl (C=O) groups is 2. The summed E-state index contributed by atoms with van der Waals surface area (Å²) >= 11 is 0. The molecule has 0 atom stereocenters. The van der Waals surface area contributed by atoms with Gasteiger partial charge in [0.25, 0.3) is 17.4 Å². The predicted molar refractivity (Wildman–Crippen MR) is 129 cm³/mol. The Bertz CT molecular complexity index is 1420. The zero-order chi connectivity index (χ0) is 25.3. The highest BCUT2D eigenvalue weighted by Crippen LogP contribution is 2.40. The molecule has 1 fully saturated rings. The molecule has 0 radical (unpaired) electrons. The van der Waals surface area contributed by atoms with E-state index in [1.807, 2.05) is 13.8 Å². The number of ether oxygens (including phenoxy) is 2. The summed E-state index contributed by atoms with van der Waals surface area (Å²) < 4.78 is 12.0. The molecule has 35 heavy (non-hydrogen) atoms. The molecule has 4 rings (SSSR count). The molecule has 4 N–H and O–H groups in total. The van der Waals surface area contributed by atoms with Gasteiger partial charge in [-0.1, -0.05) is 13.8 Å². The van der Waals surface area contributed by atoms with Crippen molar-refractivity contribution in [2.75, 3.05) is 19.0 Å². The maximum atomic E-state index is 13.4. The van der Waals surface area contributed by atoms with Gasteiger partial charge in [-0.3, -0.25) is 23.9 Å². The van der Waals surface area contributed by atoms with Crippen molar-refractivity contribution in [3.63, 3.8) is 0 Å². The Hall–Kier alpha value is -4.15. The maximum absolute atomic E-state index is 13.4. The zero-order valence-electron chi connectivity index (χ0n) is 19.7. The summed E-state index contributed by atoms with van der Waals surface area (Å²) in [6.45, 7) is 3.87. The molecular weight excluding hydrogens is 454 g/mol. The van der Waals surface area contributed by atoms with Crippen LogP contribution in [0.5, 0.6) is 11.5 Å². The van der Waals surface area contributed by atoms with Crippen LogP contribution in [0.4, 0.5) is 5.69 Å². The van der Waals surface area contributed by atoms with E-state index in [9.17, 15) is 19.2 Å². The fourth-order valence-electron chi connectivity index (χ4n) is 3.81. The van der Waals surface area contributed by atoms with Crippen LogP contribution in [0.25, 0.3) is 11.0 Å². The van der Waals surface area contributed by atoms with Crippen LogP contribution in [0.3, 0.4) is 0 Å². The molecule has 2 heterocycles. The molecule has 1 aliphatic carbocycles. The number of benzene rings is 1. The molecule has 1 saturated carbocycles. The fraction of sp³-hybridized carbons (Fsp3) is 0.375. The molecule has 11 nitrogen and oxygen atoms in total. The average molecular weight is 482 g/mol. The molecule has 0 spiro atoms. The third kappa shape index (κ3) is 5.18. The molecule has 2 amide bonds. The van der Waals surface area contributed by atoms with E-state index in [-0.39, 0.29) is 40.8 Å². The van der Waals surface area contributed by atoms with Crippen LogP contribution in [0.1, 0.15) is 48.7 Å². The largest absolute Gasteiger partial charge is 0.493 e. The second kappa shape index (κ2) is 9.61. The molecule has 1 aromatic carbocycles. The molecule has 3 aromatic rings. The average Bonchev–Trinajstić information content (AvgIpc) is 3.65. The number of aromatic nitrogens is 3. The number of aromatic amines is 1. The first-order valence-electron chi connectivity index (χ1n) is 11.3. The van der Waals surface area contributed by atoms with Gasteiger partial charge in [-0.2, -0.15) is 0 Å². The van der Waals surface area contributed by atoms with Gasteiger partial charge in [0.2, 0.25) is 0 Å². The number of methoxy groups -OCH3 is 1. The Balaban J connectivity index is 1.79. The molecule has 0 saturated heterocycles. The van der Waals surface area contributed by atoms with Crippen LogP contribution in [0.2, 0.25) is 0 Å². The predicted octanol–water partition coefficient (Wildman–Crippen LogP) is 1.74. The molecular formula is C24H27N5O6. The number of hydrogen-bond acceptors (Lipinski definition) is 7. The van der Waals surface area contributed by atoms with Gasteiger partial charge in [0.05, 0.1) is 18.1 Å². The van der Waals surface area contributed by atoms with Crippen molar-refractivity contribution in [2.24, 2.45) is 11.7 Å². The molecule has 0 bridgehead atoms. The first kappa shape index (κ1) is 24.0. The van der Waals surface area contributed by atoms with Gasteiger partial charge in [-0.25, -0.2) is 9.78 Å². The Morgan fingerprint density at radius 2 is 1.97 bits per heavy atom. The lowest BCUT2D eigenvalue weighted by Gasteiger charge is -2.15. The molecule has 0 unspecified atom stereocenters. The topological polar surface area (TPSA) is 158 Å². The van der Waals surface area contributed by atoms with Gasteiger partial charge in [0.15, 0.2) is 23.8 Å². The number of hydrogen-bond donors (Lipinski definition) is 3. The van der Waals surface area contributed by atoms with E-state index >= 15 is 0 Å². The highest BCUT2D eigenvalue weighted by atomic mass is 16.5. The summed E-state index contributed by atoms with van der Waals surface area (Å²) in [4.78, 5) is 56.9. The van der Waals surface area contributed by atoms with Crippen molar-refractivity contribution in [1.29, 1.82) is 0 Å².